The first-order valence-electron chi connectivity index (χ1n) is 5.37. The van der Waals surface area contributed by atoms with Gasteiger partial charge in [-0.2, -0.15) is 5.10 Å². The molecule has 3 heteroatoms. The summed E-state index contributed by atoms with van der Waals surface area (Å²) in [6.45, 7) is 8.57. The van der Waals surface area contributed by atoms with Crippen molar-refractivity contribution in [2.24, 2.45) is 5.92 Å². The third kappa shape index (κ3) is 2.58. The molecule has 1 N–H and O–H groups in total. The van der Waals surface area contributed by atoms with Gasteiger partial charge in [0.25, 0.3) is 0 Å². The summed E-state index contributed by atoms with van der Waals surface area (Å²) >= 11 is 0. The van der Waals surface area contributed by atoms with Crippen molar-refractivity contribution < 1.29 is 0 Å². The zero-order chi connectivity index (χ0) is 10.6. The van der Waals surface area contributed by atoms with Gasteiger partial charge in [0, 0.05) is 24.3 Å². The Bertz CT molecular complexity index is 276. The third-order valence-corrected chi connectivity index (χ3v) is 2.28. The molecule has 1 heterocycles. The Morgan fingerprint density at radius 3 is 2.71 bits per heavy atom. The molecule has 0 spiro atoms. The molecular weight excluding hydrogens is 174 g/mol. The van der Waals surface area contributed by atoms with Gasteiger partial charge in [-0.3, -0.25) is 4.68 Å². The first kappa shape index (κ1) is 11.2. The van der Waals surface area contributed by atoms with E-state index in [9.17, 15) is 0 Å². The SMILES string of the molecule is CCc1c(CNC)cnn1CC(C)C. The second kappa shape index (κ2) is 5.15. The summed E-state index contributed by atoms with van der Waals surface area (Å²) in [6, 6.07) is 0. The van der Waals surface area contributed by atoms with Gasteiger partial charge in [0.05, 0.1) is 6.20 Å². The fraction of sp³-hybridized carbons (Fsp3) is 0.727. The molecule has 0 saturated carbocycles. The maximum Gasteiger partial charge on any atom is 0.0537 e. The minimum absolute atomic E-state index is 0.655. The summed E-state index contributed by atoms with van der Waals surface area (Å²) in [7, 11) is 1.97. The van der Waals surface area contributed by atoms with Gasteiger partial charge < -0.3 is 5.32 Å². The highest BCUT2D eigenvalue weighted by atomic mass is 15.3. The van der Waals surface area contributed by atoms with Gasteiger partial charge in [-0.05, 0) is 19.4 Å². The van der Waals surface area contributed by atoms with E-state index >= 15 is 0 Å². The summed E-state index contributed by atoms with van der Waals surface area (Å²) in [6.07, 6.45) is 3.04. The average Bonchev–Trinajstić information content (AvgIpc) is 2.47. The lowest BCUT2D eigenvalue weighted by molar-refractivity contribution is 0.469. The van der Waals surface area contributed by atoms with Crippen LogP contribution in [-0.4, -0.2) is 16.8 Å². The van der Waals surface area contributed by atoms with Crippen LogP contribution in [0.1, 0.15) is 32.0 Å². The second-order valence-electron chi connectivity index (χ2n) is 4.08. The molecule has 0 radical (unpaired) electrons. The molecule has 0 bridgehead atoms. The molecular formula is C11H21N3. The Labute approximate surface area is 86.5 Å². The Balaban J connectivity index is 2.83. The molecule has 0 aromatic carbocycles. The number of aromatic nitrogens is 2. The van der Waals surface area contributed by atoms with Crippen LogP contribution >= 0.6 is 0 Å². The highest BCUT2D eigenvalue weighted by Gasteiger charge is 2.08. The number of rotatable bonds is 5. The predicted molar refractivity (Wildman–Crippen MR) is 59.2 cm³/mol. The number of nitrogens with one attached hydrogen (secondary N) is 1. The molecule has 0 atom stereocenters. The van der Waals surface area contributed by atoms with Crippen LogP contribution in [0.3, 0.4) is 0 Å². The van der Waals surface area contributed by atoms with E-state index in [1.807, 2.05) is 13.2 Å². The number of hydrogen-bond donors (Lipinski definition) is 1. The van der Waals surface area contributed by atoms with Crippen LogP contribution < -0.4 is 5.32 Å². The van der Waals surface area contributed by atoms with E-state index in [-0.39, 0.29) is 0 Å². The van der Waals surface area contributed by atoms with Gasteiger partial charge in [-0.15, -0.1) is 0 Å². The smallest absolute Gasteiger partial charge is 0.0537 e. The van der Waals surface area contributed by atoms with Crippen molar-refractivity contribution >= 4 is 0 Å². The normalized spacial score (nSPS) is 11.2. The van der Waals surface area contributed by atoms with Crippen molar-refractivity contribution in [3.8, 4) is 0 Å². The molecule has 0 fully saturated rings. The van der Waals surface area contributed by atoms with Crippen molar-refractivity contribution in [2.45, 2.75) is 40.3 Å². The van der Waals surface area contributed by atoms with Gasteiger partial charge in [0.1, 0.15) is 0 Å². The fourth-order valence-electron chi connectivity index (χ4n) is 1.70. The summed E-state index contributed by atoms with van der Waals surface area (Å²) in [5.74, 6) is 0.655. The number of nitrogens with zero attached hydrogens (tertiary/aromatic N) is 2. The van der Waals surface area contributed by atoms with Crippen molar-refractivity contribution in [2.75, 3.05) is 7.05 Å². The molecule has 80 valence electrons. The zero-order valence-corrected chi connectivity index (χ0v) is 9.67. The standard InChI is InChI=1S/C11H21N3/c1-5-11-10(6-12-4)7-13-14(11)8-9(2)3/h7,9,12H,5-6,8H2,1-4H3. The quantitative estimate of drug-likeness (QED) is 0.776. The van der Waals surface area contributed by atoms with Crippen LogP contribution in [0.25, 0.3) is 0 Å². The molecule has 1 rings (SSSR count). The van der Waals surface area contributed by atoms with Gasteiger partial charge in [-0.25, -0.2) is 0 Å². The first-order valence-corrected chi connectivity index (χ1v) is 5.37. The maximum atomic E-state index is 4.42. The van der Waals surface area contributed by atoms with Crippen LogP contribution in [-0.2, 0) is 19.5 Å². The Kier molecular flexibility index (Phi) is 4.14. The molecule has 0 saturated heterocycles. The van der Waals surface area contributed by atoms with Gasteiger partial charge >= 0.3 is 0 Å². The average molecular weight is 195 g/mol. The van der Waals surface area contributed by atoms with Gasteiger partial charge in [0.15, 0.2) is 0 Å². The highest BCUT2D eigenvalue weighted by Crippen LogP contribution is 2.11. The van der Waals surface area contributed by atoms with Crippen LogP contribution in [0.2, 0.25) is 0 Å². The minimum Gasteiger partial charge on any atom is -0.316 e. The lowest BCUT2D eigenvalue weighted by Crippen LogP contribution is -2.12. The summed E-state index contributed by atoms with van der Waals surface area (Å²) < 4.78 is 2.14. The number of hydrogen-bond acceptors (Lipinski definition) is 2. The maximum absolute atomic E-state index is 4.42. The van der Waals surface area contributed by atoms with E-state index in [2.05, 4.69) is 35.9 Å². The van der Waals surface area contributed by atoms with Gasteiger partial charge in [0.2, 0.25) is 0 Å². The highest BCUT2D eigenvalue weighted by molar-refractivity contribution is 5.17. The fourth-order valence-corrected chi connectivity index (χ4v) is 1.70. The topological polar surface area (TPSA) is 29.9 Å². The van der Waals surface area contributed by atoms with Crippen LogP contribution in [0.5, 0.6) is 0 Å². The van der Waals surface area contributed by atoms with E-state index in [1.165, 1.54) is 11.3 Å². The van der Waals surface area contributed by atoms with E-state index in [4.69, 9.17) is 0 Å². The molecule has 0 unspecified atom stereocenters. The van der Waals surface area contributed by atoms with Crippen LogP contribution in [0.15, 0.2) is 6.20 Å². The van der Waals surface area contributed by atoms with Crippen molar-refractivity contribution in [1.82, 2.24) is 15.1 Å². The van der Waals surface area contributed by atoms with E-state index < -0.39 is 0 Å². The monoisotopic (exact) mass is 195 g/mol. The zero-order valence-electron chi connectivity index (χ0n) is 9.67. The van der Waals surface area contributed by atoms with E-state index in [1.54, 1.807) is 0 Å². The largest absolute Gasteiger partial charge is 0.316 e. The molecule has 3 nitrogen and oxygen atoms in total. The molecule has 0 amide bonds. The van der Waals surface area contributed by atoms with E-state index in [0.717, 1.165) is 19.5 Å². The minimum atomic E-state index is 0.655. The summed E-state index contributed by atoms with van der Waals surface area (Å²) in [4.78, 5) is 0. The second-order valence-corrected chi connectivity index (χ2v) is 4.08. The van der Waals surface area contributed by atoms with Gasteiger partial charge in [-0.1, -0.05) is 20.8 Å². The van der Waals surface area contributed by atoms with Crippen molar-refractivity contribution in [3.63, 3.8) is 0 Å². The Morgan fingerprint density at radius 1 is 1.50 bits per heavy atom. The first-order chi connectivity index (χ1) is 6.69. The summed E-state index contributed by atoms with van der Waals surface area (Å²) in [5, 5.41) is 7.59. The molecule has 0 aliphatic carbocycles. The molecule has 14 heavy (non-hydrogen) atoms. The molecule has 0 aliphatic rings. The van der Waals surface area contributed by atoms with E-state index in [0.29, 0.717) is 5.92 Å². The molecule has 1 aromatic heterocycles. The lowest BCUT2D eigenvalue weighted by Gasteiger charge is -2.09. The molecule has 1 aromatic rings. The lowest BCUT2D eigenvalue weighted by atomic mass is 10.2. The van der Waals surface area contributed by atoms with Crippen molar-refractivity contribution in [3.05, 3.63) is 17.5 Å². The third-order valence-electron chi connectivity index (χ3n) is 2.28. The van der Waals surface area contributed by atoms with Crippen molar-refractivity contribution in [1.29, 1.82) is 0 Å². The molecule has 0 aliphatic heterocycles. The predicted octanol–water partition coefficient (Wildman–Crippen LogP) is 1.82. The van der Waals surface area contributed by atoms with Crippen LogP contribution in [0.4, 0.5) is 0 Å². The summed E-state index contributed by atoms with van der Waals surface area (Å²) in [5.41, 5.74) is 2.70. The Hall–Kier alpha value is -0.830. The van der Waals surface area contributed by atoms with Crippen LogP contribution in [0, 0.1) is 5.92 Å². The Morgan fingerprint density at radius 2 is 2.21 bits per heavy atom.